The van der Waals surface area contributed by atoms with Crippen molar-refractivity contribution in [1.29, 1.82) is 0 Å². The number of aromatic nitrogens is 2. The molecule has 26 heavy (non-hydrogen) atoms. The summed E-state index contributed by atoms with van der Waals surface area (Å²) in [6.07, 6.45) is 2.95. The van der Waals surface area contributed by atoms with Gasteiger partial charge >= 0.3 is 0 Å². The second-order valence-electron chi connectivity index (χ2n) is 6.56. The fourth-order valence-electron chi connectivity index (χ4n) is 3.40. The minimum atomic E-state index is -1.18. The normalized spacial score (nSPS) is 16.6. The first-order valence-electron chi connectivity index (χ1n) is 8.50. The lowest BCUT2D eigenvalue weighted by atomic mass is 9.89. The van der Waals surface area contributed by atoms with Gasteiger partial charge in [0.05, 0.1) is 17.0 Å². The molecule has 3 aromatic rings. The standard InChI is InChI=1S/C19H18N2O3S2/c1-11-7-8-13-14(9-11)26-17-16(13)18(24)21(12-5-3-2-4-6-12)19(20-17)25-10-15(22)23/h2-6,11H,7-10H2,1H3,(H,22,23)/p-1/t11-/m1/s1. The van der Waals surface area contributed by atoms with Crippen LogP contribution in [0.3, 0.4) is 0 Å². The summed E-state index contributed by atoms with van der Waals surface area (Å²) in [4.78, 5) is 30.9. The Hall–Kier alpha value is -2.12. The number of benzene rings is 1. The van der Waals surface area contributed by atoms with Gasteiger partial charge in [0.1, 0.15) is 4.83 Å². The predicted molar refractivity (Wildman–Crippen MR) is 102 cm³/mol. The first-order chi connectivity index (χ1) is 12.5. The topological polar surface area (TPSA) is 75.0 Å². The highest BCUT2D eigenvalue weighted by molar-refractivity contribution is 7.99. The third-order valence-corrected chi connectivity index (χ3v) is 6.69. The van der Waals surface area contributed by atoms with Crippen LogP contribution in [-0.4, -0.2) is 21.3 Å². The molecule has 134 valence electrons. The van der Waals surface area contributed by atoms with Crippen molar-refractivity contribution in [3.8, 4) is 5.69 Å². The summed E-state index contributed by atoms with van der Waals surface area (Å²) in [5.41, 5.74) is 1.70. The number of hydrogen-bond donors (Lipinski definition) is 0. The van der Waals surface area contributed by atoms with E-state index in [1.165, 1.54) is 9.44 Å². The van der Waals surface area contributed by atoms with E-state index in [0.717, 1.165) is 36.6 Å². The van der Waals surface area contributed by atoms with Crippen molar-refractivity contribution in [3.05, 3.63) is 51.1 Å². The Bertz CT molecular complexity index is 1040. The summed E-state index contributed by atoms with van der Waals surface area (Å²) < 4.78 is 1.53. The lowest BCUT2D eigenvalue weighted by molar-refractivity contribution is -0.301. The quantitative estimate of drug-likeness (QED) is 0.509. The molecular formula is C19H17N2O3S2-. The van der Waals surface area contributed by atoms with E-state index in [1.807, 2.05) is 30.3 Å². The molecule has 1 atom stereocenters. The molecule has 1 aliphatic carbocycles. The number of thiophene rings is 1. The molecule has 0 unspecified atom stereocenters. The summed E-state index contributed by atoms with van der Waals surface area (Å²) in [6.45, 7) is 2.23. The van der Waals surface area contributed by atoms with Gasteiger partial charge in [0.15, 0.2) is 5.16 Å². The molecule has 0 saturated heterocycles. The smallest absolute Gasteiger partial charge is 0.267 e. The summed E-state index contributed by atoms with van der Waals surface area (Å²) >= 11 is 2.59. The van der Waals surface area contributed by atoms with E-state index in [1.54, 1.807) is 11.3 Å². The van der Waals surface area contributed by atoms with Gasteiger partial charge in [0.25, 0.3) is 5.56 Å². The molecule has 1 aromatic carbocycles. The second-order valence-corrected chi connectivity index (χ2v) is 8.59. The zero-order valence-corrected chi connectivity index (χ0v) is 15.9. The highest BCUT2D eigenvalue weighted by Gasteiger charge is 2.25. The van der Waals surface area contributed by atoms with Gasteiger partial charge in [-0.1, -0.05) is 36.9 Å². The number of carboxylic acid groups (broad SMARTS) is 1. The zero-order valence-electron chi connectivity index (χ0n) is 14.2. The Balaban J connectivity index is 1.96. The van der Waals surface area contributed by atoms with Crippen LogP contribution in [0.1, 0.15) is 23.8 Å². The Labute approximate surface area is 158 Å². The fraction of sp³-hybridized carbons (Fsp3) is 0.316. The summed E-state index contributed by atoms with van der Waals surface area (Å²) in [5.74, 6) is -0.811. The van der Waals surface area contributed by atoms with Gasteiger partial charge in [-0.25, -0.2) is 4.98 Å². The van der Waals surface area contributed by atoms with Gasteiger partial charge < -0.3 is 9.90 Å². The van der Waals surface area contributed by atoms with Crippen molar-refractivity contribution in [3.63, 3.8) is 0 Å². The van der Waals surface area contributed by atoms with Gasteiger partial charge in [-0.05, 0) is 42.9 Å². The molecule has 0 bridgehead atoms. The minimum Gasteiger partial charge on any atom is -0.549 e. The largest absolute Gasteiger partial charge is 0.549 e. The van der Waals surface area contributed by atoms with Crippen LogP contribution in [0.2, 0.25) is 0 Å². The molecule has 4 rings (SSSR count). The average molecular weight is 385 g/mol. The number of fused-ring (bicyclic) bond motifs is 3. The number of nitrogens with zero attached hydrogens (tertiary/aromatic N) is 2. The van der Waals surface area contributed by atoms with Gasteiger partial charge in [0, 0.05) is 10.6 Å². The van der Waals surface area contributed by atoms with Crippen LogP contribution >= 0.6 is 23.1 Å². The van der Waals surface area contributed by atoms with Crippen LogP contribution in [0.5, 0.6) is 0 Å². The van der Waals surface area contributed by atoms with Crippen LogP contribution in [0, 0.1) is 5.92 Å². The predicted octanol–water partition coefficient (Wildman–Crippen LogP) is 2.41. The van der Waals surface area contributed by atoms with Crippen LogP contribution in [0.25, 0.3) is 15.9 Å². The molecule has 2 heterocycles. The molecule has 0 amide bonds. The van der Waals surface area contributed by atoms with E-state index >= 15 is 0 Å². The molecule has 5 nitrogen and oxygen atoms in total. The fourth-order valence-corrected chi connectivity index (χ4v) is 5.55. The highest BCUT2D eigenvalue weighted by Crippen LogP contribution is 2.36. The van der Waals surface area contributed by atoms with Crippen LogP contribution < -0.4 is 10.7 Å². The number of aliphatic carboxylic acids is 1. The van der Waals surface area contributed by atoms with Crippen molar-refractivity contribution in [2.45, 2.75) is 31.3 Å². The van der Waals surface area contributed by atoms with Crippen molar-refractivity contribution in [2.24, 2.45) is 5.92 Å². The molecule has 0 spiro atoms. The third-order valence-electron chi connectivity index (χ3n) is 4.63. The first-order valence-corrected chi connectivity index (χ1v) is 10.3. The van der Waals surface area contributed by atoms with E-state index in [9.17, 15) is 14.7 Å². The molecule has 0 N–H and O–H groups in total. The molecule has 2 aromatic heterocycles. The Morgan fingerprint density at radius 2 is 2.15 bits per heavy atom. The Morgan fingerprint density at radius 3 is 2.88 bits per heavy atom. The highest BCUT2D eigenvalue weighted by atomic mass is 32.2. The van der Waals surface area contributed by atoms with Gasteiger partial charge in [-0.3, -0.25) is 9.36 Å². The molecular weight excluding hydrogens is 368 g/mol. The average Bonchev–Trinajstić information content (AvgIpc) is 2.98. The van der Waals surface area contributed by atoms with E-state index in [0.29, 0.717) is 27.0 Å². The van der Waals surface area contributed by atoms with Crippen LogP contribution in [0.15, 0.2) is 40.3 Å². The summed E-state index contributed by atoms with van der Waals surface area (Å²) in [7, 11) is 0. The monoisotopic (exact) mass is 385 g/mol. The zero-order chi connectivity index (χ0) is 18.3. The molecule has 0 saturated carbocycles. The van der Waals surface area contributed by atoms with E-state index in [-0.39, 0.29) is 11.3 Å². The number of carbonyl (C=O) groups is 1. The SMILES string of the molecule is C[C@@H]1CCc2c(sc3nc(SCC(=O)[O-])n(-c4ccccc4)c(=O)c23)C1. The number of hydrogen-bond acceptors (Lipinski definition) is 6. The number of carboxylic acids is 1. The number of para-hydroxylation sites is 1. The molecule has 0 fully saturated rings. The van der Waals surface area contributed by atoms with Crippen LogP contribution in [0.4, 0.5) is 0 Å². The number of thioether (sulfide) groups is 1. The van der Waals surface area contributed by atoms with Crippen molar-refractivity contribution >= 4 is 39.3 Å². The van der Waals surface area contributed by atoms with E-state index in [2.05, 4.69) is 11.9 Å². The maximum absolute atomic E-state index is 13.4. The maximum atomic E-state index is 13.4. The lowest BCUT2D eigenvalue weighted by Gasteiger charge is -2.17. The van der Waals surface area contributed by atoms with E-state index < -0.39 is 5.97 Å². The molecule has 1 aliphatic rings. The molecule has 0 aliphatic heterocycles. The number of aryl methyl sites for hydroxylation is 1. The summed E-state index contributed by atoms with van der Waals surface area (Å²) in [5, 5.41) is 12.0. The van der Waals surface area contributed by atoms with Gasteiger partial charge in [-0.2, -0.15) is 0 Å². The molecule has 7 heteroatoms. The summed E-state index contributed by atoms with van der Waals surface area (Å²) in [6, 6.07) is 9.24. The Kier molecular flexibility index (Phi) is 4.58. The minimum absolute atomic E-state index is 0.117. The van der Waals surface area contributed by atoms with E-state index in [4.69, 9.17) is 0 Å². The molecule has 0 radical (unpaired) electrons. The first kappa shape index (κ1) is 17.3. The number of carbonyl (C=O) groups excluding carboxylic acids is 1. The van der Waals surface area contributed by atoms with Crippen molar-refractivity contribution in [2.75, 3.05) is 5.75 Å². The van der Waals surface area contributed by atoms with Crippen molar-refractivity contribution < 1.29 is 9.90 Å². The lowest BCUT2D eigenvalue weighted by Crippen LogP contribution is -2.26. The second kappa shape index (κ2) is 6.89. The van der Waals surface area contributed by atoms with Gasteiger partial charge in [-0.15, -0.1) is 11.3 Å². The maximum Gasteiger partial charge on any atom is 0.267 e. The van der Waals surface area contributed by atoms with Crippen molar-refractivity contribution in [1.82, 2.24) is 9.55 Å². The number of rotatable bonds is 4. The van der Waals surface area contributed by atoms with Gasteiger partial charge in [0.2, 0.25) is 0 Å². The third kappa shape index (κ3) is 3.05. The van der Waals surface area contributed by atoms with Crippen LogP contribution in [-0.2, 0) is 17.6 Å². The Morgan fingerprint density at radius 1 is 1.38 bits per heavy atom.